The summed E-state index contributed by atoms with van der Waals surface area (Å²) in [5.41, 5.74) is 2.46. The highest BCUT2D eigenvalue weighted by atomic mass is 79.9. The van der Waals surface area contributed by atoms with Crippen molar-refractivity contribution in [1.82, 2.24) is 10.2 Å². The highest BCUT2D eigenvalue weighted by Crippen LogP contribution is 2.23. The van der Waals surface area contributed by atoms with Crippen molar-refractivity contribution in [3.05, 3.63) is 98.4 Å². The summed E-state index contributed by atoms with van der Waals surface area (Å²) >= 11 is 7.00. The van der Waals surface area contributed by atoms with E-state index in [4.69, 9.17) is 4.74 Å². The van der Waals surface area contributed by atoms with E-state index in [1.54, 1.807) is 4.90 Å². The first-order valence-corrected chi connectivity index (χ1v) is 13.4. The Morgan fingerprint density at radius 3 is 2.28 bits per heavy atom. The molecule has 3 aromatic carbocycles. The van der Waals surface area contributed by atoms with Gasteiger partial charge in [-0.05, 0) is 74.7 Å². The number of rotatable bonds is 9. The van der Waals surface area contributed by atoms with Crippen molar-refractivity contribution in [2.24, 2.45) is 0 Å². The van der Waals surface area contributed by atoms with Crippen molar-refractivity contribution in [2.45, 2.75) is 52.2 Å². The third-order valence-corrected chi connectivity index (χ3v) is 6.89. The molecule has 2 amide bonds. The van der Waals surface area contributed by atoms with E-state index in [2.05, 4.69) is 37.2 Å². The number of halogens is 2. The van der Waals surface area contributed by atoms with Crippen LogP contribution in [0.5, 0.6) is 5.75 Å². The number of hydrogen-bond acceptors (Lipinski definition) is 3. The molecule has 1 atom stereocenters. The Labute approximate surface area is 230 Å². The molecule has 0 bridgehead atoms. The van der Waals surface area contributed by atoms with Gasteiger partial charge in [0, 0.05) is 27.4 Å². The number of carbonyl (C=O) groups is 2. The molecule has 5 nitrogen and oxygen atoms in total. The molecule has 36 heavy (non-hydrogen) atoms. The molecule has 0 unspecified atom stereocenters. The fourth-order valence-electron chi connectivity index (χ4n) is 3.77. The molecule has 0 radical (unpaired) electrons. The minimum atomic E-state index is -0.714. The molecule has 0 heterocycles. The van der Waals surface area contributed by atoms with Crippen LogP contribution in [0.2, 0.25) is 0 Å². The molecule has 0 fully saturated rings. The van der Waals surface area contributed by atoms with Crippen LogP contribution in [0.25, 0.3) is 0 Å². The van der Waals surface area contributed by atoms with Crippen LogP contribution in [0.3, 0.4) is 0 Å². The van der Waals surface area contributed by atoms with Gasteiger partial charge in [0.25, 0.3) is 5.91 Å². The smallest absolute Gasteiger partial charge is 0.261 e. The normalized spacial score (nSPS) is 12.1. The van der Waals surface area contributed by atoms with Crippen molar-refractivity contribution < 1.29 is 14.3 Å². The predicted octanol–water partition coefficient (Wildman–Crippen LogP) is 6.45. The lowest BCUT2D eigenvalue weighted by Gasteiger charge is -2.33. The number of amides is 2. The second kappa shape index (κ2) is 12.5. The van der Waals surface area contributed by atoms with Crippen molar-refractivity contribution in [1.29, 1.82) is 0 Å². The van der Waals surface area contributed by atoms with E-state index >= 15 is 0 Å². The first-order valence-electron chi connectivity index (χ1n) is 11.8. The first kappa shape index (κ1) is 27.9. The summed E-state index contributed by atoms with van der Waals surface area (Å²) in [7, 11) is 0. The largest absolute Gasteiger partial charge is 0.484 e. The zero-order valence-corrected chi connectivity index (χ0v) is 24.2. The van der Waals surface area contributed by atoms with Crippen LogP contribution in [0.4, 0.5) is 0 Å². The van der Waals surface area contributed by atoms with E-state index in [1.807, 2.05) is 100 Å². The van der Waals surface area contributed by atoms with Gasteiger partial charge in [0.1, 0.15) is 11.8 Å². The molecule has 3 aromatic rings. The summed E-state index contributed by atoms with van der Waals surface area (Å²) in [6.45, 7) is 7.86. The third-order valence-electron chi connectivity index (χ3n) is 5.50. The second-order valence-electron chi connectivity index (χ2n) is 9.80. The maximum atomic E-state index is 13.7. The van der Waals surface area contributed by atoms with Gasteiger partial charge in [-0.2, -0.15) is 0 Å². The number of ether oxygens (including phenoxy) is 1. The SMILES string of the molecule is Cc1cc(OCC(=O)N(Cc2cccc(Br)c2)[C@H](Cc2ccccc2)C(=O)NC(C)(C)C)ccc1Br. The molecule has 3 rings (SSSR count). The third kappa shape index (κ3) is 8.49. The summed E-state index contributed by atoms with van der Waals surface area (Å²) < 4.78 is 7.76. The maximum absolute atomic E-state index is 13.7. The lowest BCUT2D eigenvalue weighted by molar-refractivity contribution is -0.143. The molecule has 0 spiro atoms. The Kier molecular flexibility index (Phi) is 9.74. The quantitative estimate of drug-likeness (QED) is 0.301. The molecular formula is C29H32Br2N2O3. The van der Waals surface area contributed by atoms with E-state index in [0.717, 1.165) is 25.6 Å². The molecule has 190 valence electrons. The molecule has 0 aromatic heterocycles. The van der Waals surface area contributed by atoms with Crippen LogP contribution in [0.1, 0.15) is 37.5 Å². The van der Waals surface area contributed by atoms with Crippen molar-refractivity contribution >= 4 is 43.7 Å². The van der Waals surface area contributed by atoms with Gasteiger partial charge in [-0.25, -0.2) is 0 Å². The predicted molar refractivity (Wildman–Crippen MR) is 151 cm³/mol. The Bertz CT molecular complexity index is 1190. The summed E-state index contributed by atoms with van der Waals surface area (Å²) in [4.78, 5) is 28.8. The first-order chi connectivity index (χ1) is 17.0. The summed E-state index contributed by atoms with van der Waals surface area (Å²) in [6.07, 6.45) is 0.389. The maximum Gasteiger partial charge on any atom is 0.261 e. The zero-order chi connectivity index (χ0) is 26.3. The Hall–Kier alpha value is -2.64. The van der Waals surface area contributed by atoms with Crippen LogP contribution in [0, 0.1) is 6.92 Å². The lowest BCUT2D eigenvalue weighted by atomic mass is 10.0. The average molecular weight is 616 g/mol. The minimum absolute atomic E-state index is 0.177. The van der Waals surface area contributed by atoms with Gasteiger partial charge in [-0.1, -0.05) is 74.3 Å². The molecule has 7 heteroatoms. The van der Waals surface area contributed by atoms with Crippen LogP contribution < -0.4 is 10.1 Å². The van der Waals surface area contributed by atoms with Crippen LogP contribution in [-0.2, 0) is 22.6 Å². The molecular weight excluding hydrogens is 584 g/mol. The van der Waals surface area contributed by atoms with E-state index in [9.17, 15) is 9.59 Å². The molecule has 0 aliphatic rings. The fraction of sp³-hybridized carbons (Fsp3) is 0.310. The standard InChI is InChI=1S/C29H32Br2N2O3/c1-20-15-24(13-14-25(20)31)36-19-27(34)33(18-22-11-8-12-23(30)16-22)26(28(35)32-29(2,3)4)17-21-9-6-5-7-10-21/h5-16,26H,17-19H2,1-4H3,(H,32,35)/t26-/m1/s1. The number of nitrogens with zero attached hydrogens (tertiary/aromatic N) is 1. The molecule has 0 saturated carbocycles. The molecule has 1 N–H and O–H groups in total. The van der Waals surface area contributed by atoms with Gasteiger partial charge < -0.3 is 15.0 Å². The lowest BCUT2D eigenvalue weighted by Crippen LogP contribution is -2.55. The minimum Gasteiger partial charge on any atom is -0.484 e. The number of aryl methyl sites for hydroxylation is 1. The molecule has 0 saturated heterocycles. The van der Waals surface area contributed by atoms with Gasteiger partial charge in [-0.15, -0.1) is 0 Å². The van der Waals surface area contributed by atoms with Gasteiger partial charge in [-0.3, -0.25) is 9.59 Å². The van der Waals surface area contributed by atoms with Crippen LogP contribution in [-0.4, -0.2) is 34.9 Å². The highest BCUT2D eigenvalue weighted by Gasteiger charge is 2.32. The molecule has 0 aliphatic heterocycles. The number of benzene rings is 3. The average Bonchev–Trinajstić information content (AvgIpc) is 2.81. The van der Waals surface area contributed by atoms with E-state index in [1.165, 1.54) is 0 Å². The summed E-state index contributed by atoms with van der Waals surface area (Å²) in [6, 6.07) is 22.4. The monoisotopic (exact) mass is 614 g/mol. The number of carbonyl (C=O) groups excluding carboxylic acids is 2. The van der Waals surface area contributed by atoms with Crippen molar-refractivity contribution in [3.8, 4) is 5.75 Å². The van der Waals surface area contributed by atoms with Crippen LogP contribution >= 0.6 is 31.9 Å². The van der Waals surface area contributed by atoms with Crippen molar-refractivity contribution in [3.63, 3.8) is 0 Å². The fourth-order valence-corrected chi connectivity index (χ4v) is 4.47. The Morgan fingerprint density at radius 1 is 0.944 bits per heavy atom. The second-order valence-corrected chi connectivity index (χ2v) is 11.6. The van der Waals surface area contributed by atoms with Gasteiger partial charge in [0.15, 0.2) is 6.61 Å². The summed E-state index contributed by atoms with van der Waals surface area (Å²) in [5, 5.41) is 3.07. The van der Waals surface area contributed by atoms with Gasteiger partial charge in [0.2, 0.25) is 5.91 Å². The van der Waals surface area contributed by atoms with Gasteiger partial charge in [0.05, 0.1) is 0 Å². The number of hydrogen-bond donors (Lipinski definition) is 1. The topological polar surface area (TPSA) is 58.6 Å². The van der Waals surface area contributed by atoms with Gasteiger partial charge >= 0.3 is 0 Å². The van der Waals surface area contributed by atoms with E-state index in [0.29, 0.717) is 12.2 Å². The number of nitrogens with one attached hydrogen (secondary N) is 1. The zero-order valence-electron chi connectivity index (χ0n) is 21.1. The highest BCUT2D eigenvalue weighted by molar-refractivity contribution is 9.10. The van der Waals surface area contributed by atoms with E-state index in [-0.39, 0.29) is 25.0 Å². The van der Waals surface area contributed by atoms with E-state index < -0.39 is 11.6 Å². The van der Waals surface area contributed by atoms with Crippen LogP contribution in [0.15, 0.2) is 81.7 Å². The van der Waals surface area contributed by atoms with Crippen molar-refractivity contribution in [2.75, 3.05) is 6.61 Å². The Morgan fingerprint density at radius 2 is 1.64 bits per heavy atom. The Balaban J connectivity index is 1.93. The summed E-state index contributed by atoms with van der Waals surface area (Å²) in [5.74, 6) is 0.139. The molecule has 0 aliphatic carbocycles.